The number of nitro groups is 1. The van der Waals surface area contributed by atoms with E-state index in [2.05, 4.69) is 0 Å². The van der Waals surface area contributed by atoms with E-state index in [-0.39, 0.29) is 5.88 Å². The Morgan fingerprint density at radius 2 is 2.40 bits per heavy atom. The monoisotopic (exact) mass is 216 g/mol. The van der Waals surface area contributed by atoms with Crippen molar-refractivity contribution in [3.05, 3.63) is 21.7 Å². The van der Waals surface area contributed by atoms with Gasteiger partial charge in [0.1, 0.15) is 0 Å². The first kappa shape index (κ1) is 11.3. The Kier molecular flexibility index (Phi) is 3.48. The predicted octanol–water partition coefficient (Wildman–Crippen LogP) is 0.259. The van der Waals surface area contributed by atoms with Crippen LogP contribution in [-0.2, 0) is 9.53 Å². The fraction of sp³-hybridized carbons (Fsp3) is 0.625. The third-order valence-electron chi connectivity index (χ3n) is 2.07. The summed E-state index contributed by atoms with van der Waals surface area (Å²) in [6.07, 6.45) is 0.738. The van der Waals surface area contributed by atoms with E-state index in [0.717, 1.165) is 6.42 Å². The van der Waals surface area contributed by atoms with Crippen molar-refractivity contribution < 1.29 is 19.6 Å². The van der Waals surface area contributed by atoms with E-state index >= 15 is 0 Å². The molecule has 1 fully saturated rings. The van der Waals surface area contributed by atoms with Gasteiger partial charge in [0.05, 0.1) is 11.5 Å². The van der Waals surface area contributed by atoms with Gasteiger partial charge < -0.3 is 14.7 Å². The van der Waals surface area contributed by atoms with Gasteiger partial charge >= 0.3 is 11.7 Å². The number of aliphatic carboxylic acids is 1. The van der Waals surface area contributed by atoms with E-state index in [4.69, 9.17) is 9.84 Å². The summed E-state index contributed by atoms with van der Waals surface area (Å²) in [5, 5.41) is 19.3. The summed E-state index contributed by atoms with van der Waals surface area (Å²) >= 11 is 0. The maximum atomic E-state index is 10.7. The molecular formula is C8H12N2O5. The summed E-state index contributed by atoms with van der Waals surface area (Å²) in [5.41, 5.74) is -0.892. The highest BCUT2D eigenvalue weighted by molar-refractivity contribution is 5.84. The molecule has 0 unspecified atom stereocenters. The molecule has 15 heavy (non-hydrogen) atoms. The van der Waals surface area contributed by atoms with Crippen LogP contribution in [0.25, 0.3) is 0 Å². The molecule has 1 aliphatic rings. The molecule has 1 N–H and O–H groups in total. The van der Waals surface area contributed by atoms with Crippen LogP contribution < -0.4 is 0 Å². The fourth-order valence-electron chi connectivity index (χ4n) is 1.38. The molecule has 0 bridgehead atoms. The second kappa shape index (κ2) is 4.63. The number of carbonyl (C=O) groups is 1. The normalized spacial score (nSPS) is 19.4. The third-order valence-corrected chi connectivity index (χ3v) is 2.07. The number of carboxylic acid groups (broad SMARTS) is 1. The summed E-state index contributed by atoms with van der Waals surface area (Å²) in [5.74, 6) is -1.71. The number of hydrogen-bond donors (Lipinski definition) is 1. The molecule has 7 nitrogen and oxygen atoms in total. The van der Waals surface area contributed by atoms with Gasteiger partial charge in [0.2, 0.25) is 0 Å². The van der Waals surface area contributed by atoms with E-state index in [1.54, 1.807) is 11.8 Å². The largest absolute Gasteiger partial charge is 0.474 e. The second-order valence-electron chi connectivity index (χ2n) is 3.00. The highest BCUT2D eigenvalue weighted by Crippen LogP contribution is 2.18. The molecule has 7 heteroatoms. The summed E-state index contributed by atoms with van der Waals surface area (Å²) in [6, 6.07) is 0. The van der Waals surface area contributed by atoms with Crippen molar-refractivity contribution in [1.82, 2.24) is 4.90 Å². The van der Waals surface area contributed by atoms with Crippen LogP contribution in [0.2, 0.25) is 0 Å². The van der Waals surface area contributed by atoms with E-state index in [1.165, 1.54) is 0 Å². The van der Waals surface area contributed by atoms with Crippen LogP contribution in [0.15, 0.2) is 11.6 Å². The average molecular weight is 216 g/mol. The number of carboxylic acids is 1. The topological polar surface area (TPSA) is 92.9 Å². The first-order chi connectivity index (χ1) is 7.07. The van der Waals surface area contributed by atoms with Crippen molar-refractivity contribution in [2.75, 3.05) is 19.7 Å². The Hall–Kier alpha value is -1.79. The minimum absolute atomic E-state index is 0.138. The zero-order valence-corrected chi connectivity index (χ0v) is 8.30. The maximum absolute atomic E-state index is 10.7. The molecule has 0 spiro atoms. The van der Waals surface area contributed by atoms with E-state index in [9.17, 15) is 14.9 Å². The maximum Gasteiger partial charge on any atom is 0.413 e. The number of nitrogens with zero attached hydrogens (tertiary/aromatic N) is 2. The summed E-state index contributed by atoms with van der Waals surface area (Å²) in [7, 11) is 0. The summed E-state index contributed by atoms with van der Waals surface area (Å²) < 4.78 is 5.05. The van der Waals surface area contributed by atoms with Gasteiger partial charge in [-0.2, -0.15) is 0 Å². The Morgan fingerprint density at radius 1 is 1.73 bits per heavy atom. The highest BCUT2D eigenvalue weighted by Gasteiger charge is 2.33. The molecule has 0 aromatic heterocycles. The molecule has 1 saturated heterocycles. The molecule has 0 atom stereocenters. The zero-order valence-electron chi connectivity index (χ0n) is 8.30. The van der Waals surface area contributed by atoms with E-state index in [1.807, 2.05) is 0 Å². The van der Waals surface area contributed by atoms with Gasteiger partial charge in [-0.05, 0) is 13.3 Å². The van der Waals surface area contributed by atoms with Crippen molar-refractivity contribution in [3.8, 4) is 0 Å². The van der Waals surface area contributed by atoms with Gasteiger partial charge in [0.15, 0.2) is 0 Å². The smallest absolute Gasteiger partial charge is 0.413 e. The second-order valence-corrected chi connectivity index (χ2v) is 3.00. The van der Waals surface area contributed by atoms with Gasteiger partial charge in [-0.25, -0.2) is 4.79 Å². The van der Waals surface area contributed by atoms with Crippen molar-refractivity contribution in [1.29, 1.82) is 0 Å². The molecule has 0 amide bonds. The Morgan fingerprint density at radius 3 is 2.87 bits per heavy atom. The SMILES string of the molecule is CCN1CCCOC1=C(C(=O)O)[N+](=O)[O-]. The standard InChI is InChI=1S/C8H12N2O5/c1-2-9-4-3-5-15-7(9)6(8(11)12)10(13)14/h2-5H2,1H3,(H,11,12). The Labute approximate surface area is 86.1 Å². The molecular weight excluding hydrogens is 204 g/mol. The van der Waals surface area contributed by atoms with Gasteiger partial charge in [0.25, 0.3) is 5.88 Å². The summed E-state index contributed by atoms with van der Waals surface area (Å²) in [4.78, 5) is 21.9. The van der Waals surface area contributed by atoms with Crippen LogP contribution in [-0.4, -0.2) is 40.6 Å². The predicted molar refractivity (Wildman–Crippen MR) is 49.5 cm³/mol. The minimum atomic E-state index is -1.57. The van der Waals surface area contributed by atoms with Crippen molar-refractivity contribution in [2.24, 2.45) is 0 Å². The van der Waals surface area contributed by atoms with Crippen LogP contribution in [0.4, 0.5) is 0 Å². The lowest BCUT2D eigenvalue weighted by atomic mass is 10.3. The van der Waals surface area contributed by atoms with Crippen molar-refractivity contribution >= 4 is 5.97 Å². The van der Waals surface area contributed by atoms with Gasteiger partial charge in [-0.15, -0.1) is 0 Å². The van der Waals surface area contributed by atoms with E-state index in [0.29, 0.717) is 19.7 Å². The molecule has 1 heterocycles. The van der Waals surface area contributed by atoms with Gasteiger partial charge in [0, 0.05) is 13.1 Å². The number of rotatable bonds is 3. The lowest BCUT2D eigenvalue weighted by molar-refractivity contribution is -0.425. The number of ether oxygens (including phenoxy) is 1. The molecule has 0 saturated carbocycles. The first-order valence-electron chi connectivity index (χ1n) is 4.57. The lowest BCUT2D eigenvalue weighted by Gasteiger charge is -2.28. The van der Waals surface area contributed by atoms with Crippen LogP contribution in [0.1, 0.15) is 13.3 Å². The molecule has 84 valence electrons. The van der Waals surface area contributed by atoms with Crippen LogP contribution in [0.5, 0.6) is 0 Å². The van der Waals surface area contributed by atoms with E-state index < -0.39 is 16.6 Å². The Balaban J connectivity index is 3.09. The highest BCUT2D eigenvalue weighted by atomic mass is 16.6. The van der Waals surface area contributed by atoms with Crippen molar-refractivity contribution in [3.63, 3.8) is 0 Å². The quantitative estimate of drug-likeness (QED) is 0.413. The minimum Gasteiger partial charge on any atom is -0.474 e. The molecule has 0 aromatic rings. The van der Waals surface area contributed by atoms with Crippen LogP contribution >= 0.6 is 0 Å². The molecule has 1 rings (SSSR count). The number of hydrogen-bond acceptors (Lipinski definition) is 5. The zero-order chi connectivity index (χ0) is 11.4. The third kappa shape index (κ3) is 2.36. The van der Waals surface area contributed by atoms with Gasteiger partial charge in [-0.3, -0.25) is 10.1 Å². The molecule has 1 aliphatic heterocycles. The first-order valence-corrected chi connectivity index (χ1v) is 4.57. The lowest BCUT2D eigenvalue weighted by Crippen LogP contribution is -2.34. The fourth-order valence-corrected chi connectivity index (χ4v) is 1.38. The molecule has 0 radical (unpaired) electrons. The van der Waals surface area contributed by atoms with Gasteiger partial charge in [-0.1, -0.05) is 0 Å². The van der Waals surface area contributed by atoms with Crippen LogP contribution in [0.3, 0.4) is 0 Å². The van der Waals surface area contributed by atoms with Crippen molar-refractivity contribution in [2.45, 2.75) is 13.3 Å². The Bertz CT molecular complexity index is 296. The summed E-state index contributed by atoms with van der Waals surface area (Å²) in [6.45, 7) is 3.17. The molecule has 0 aromatic carbocycles. The van der Waals surface area contributed by atoms with Crippen LogP contribution in [0, 0.1) is 10.1 Å². The average Bonchev–Trinajstić information content (AvgIpc) is 2.17. The molecule has 0 aliphatic carbocycles.